The van der Waals surface area contributed by atoms with Crippen LogP contribution in [0.3, 0.4) is 0 Å². The third kappa shape index (κ3) is 5.95. The number of carbonyl (C=O) groups excluding carboxylic acids is 2. The highest BCUT2D eigenvalue weighted by atomic mass is 16.2. The number of carbonyl (C=O) groups is 2. The molecule has 0 aliphatic carbocycles. The minimum atomic E-state index is -0.375. The zero-order valence-corrected chi connectivity index (χ0v) is 34.1. The van der Waals surface area contributed by atoms with Gasteiger partial charge in [-0.15, -0.1) is 0 Å². The summed E-state index contributed by atoms with van der Waals surface area (Å²) >= 11 is 0. The summed E-state index contributed by atoms with van der Waals surface area (Å²) < 4.78 is 2.17. The number of nitrogens with zero attached hydrogens (tertiary/aromatic N) is 4. The van der Waals surface area contributed by atoms with Gasteiger partial charge in [0.2, 0.25) is 0 Å². The first-order valence-corrected chi connectivity index (χ1v) is 20.7. The molecular weight excluding hydrogens is 761 g/mol. The van der Waals surface area contributed by atoms with Crippen LogP contribution in [-0.4, -0.2) is 26.3 Å². The molecular formula is C56H38N4O2. The molecule has 6 nitrogen and oxygen atoms in total. The standard InChI is InChI=1S/C56H38N4O2/c1-35-33-57-27-25-43(35)40-21-23-45-46-24-22-41(44-26-28-58-34-36(44)2)32-52(46)59(51(45)31-40)50-20-12-19-47-53(50)56(62)60(55(47)61)54-48(38-15-8-4-9-16-38)29-42(37-13-6-3-7-14-37)30-49(54)39-17-10-5-11-18-39/h3-34H,1-2H3. The number of aryl methyl sites for hydroxylation is 2. The summed E-state index contributed by atoms with van der Waals surface area (Å²) in [5, 5.41) is 2.07. The van der Waals surface area contributed by atoms with E-state index < -0.39 is 0 Å². The Labute approximate surface area is 359 Å². The summed E-state index contributed by atoms with van der Waals surface area (Å²) in [5.74, 6) is -0.740. The Bertz CT molecular complexity index is 3250. The molecule has 0 unspecified atom stereocenters. The van der Waals surface area contributed by atoms with Crippen molar-refractivity contribution >= 4 is 39.3 Å². The Hall–Kier alpha value is -8.22. The van der Waals surface area contributed by atoms with E-state index >= 15 is 9.59 Å². The first-order chi connectivity index (χ1) is 30.4. The average Bonchev–Trinajstić information content (AvgIpc) is 3.78. The largest absolute Gasteiger partial charge is 0.308 e. The van der Waals surface area contributed by atoms with E-state index in [1.165, 1.54) is 4.90 Å². The van der Waals surface area contributed by atoms with Crippen LogP contribution in [0.5, 0.6) is 0 Å². The highest BCUT2D eigenvalue weighted by molar-refractivity contribution is 6.37. The number of rotatable bonds is 7. The quantitative estimate of drug-likeness (QED) is 0.151. The van der Waals surface area contributed by atoms with Gasteiger partial charge in [0.1, 0.15) is 0 Å². The highest BCUT2D eigenvalue weighted by Crippen LogP contribution is 2.47. The molecule has 62 heavy (non-hydrogen) atoms. The third-order valence-electron chi connectivity index (χ3n) is 12.2. The van der Waals surface area contributed by atoms with Crippen molar-refractivity contribution in [3.05, 3.63) is 217 Å². The van der Waals surface area contributed by atoms with Gasteiger partial charge in [0.15, 0.2) is 0 Å². The first kappa shape index (κ1) is 36.8. The van der Waals surface area contributed by atoms with Crippen LogP contribution >= 0.6 is 0 Å². The molecule has 1 aliphatic heterocycles. The molecule has 11 rings (SSSR count). The molecule has 0 radical (unpaired) electrons. The van der Waals surface area contributed by atoms with Crippen molar-refractivity contribution in [2.75, 3.05) is 4.90 Å². The number of fused-ring (bicyclic) bond motifs is 4. The Morgan fingerprint density at radius 1 is 0.403 bits per heavy atom. The predicted octanol–water partition coefficient (Wildman–Crippen LogP) is 13.3. The van der Waals surface area contributed by atoms with E-state index in [0.717, 1.165) is 88.6 Å². The molecule has 3 aromatic heterocycles. The van der Waals surface area contributed by atoms with Crippen LogP contribution in [0.4, 0.5) is 5.69 Å². The second kappa shape index (κ2) is 14.8. The van der Waals surface area contributed by atoms with Gasteiger partial charge in [-0.05, 0) is 118 Å². The lowest BCUT2D eigenvalue weighted by Crippen LogP contribution is -2.30. The maximum Gasteiger partial charge on any atom is 0.268 e. The minimum Gasteiger partial charge on any atom is -0.308 e. The van der Waals surface area contributed by atoms with Gasteiger partial charge in [-0.3, -0.25) is 19.6 Å². The van der Waals surface area contributed by atoms with Crippen molar-refractivity contribution < 1.29 is 9.59 Å². The van der Waals surface area contributed by atoms with Gasteiger partial charge in [-0.2, -0.15) is 0 Å². The predicted molar refractivity (Wildman–Crippen MR) is 251 cm³/mol. The Balaban J connectivity index is 1.18. The zero-order chi connectivity index (χ0) is 41.9. The SMILES string of the molecule is Cc1cnccc1-c1ccc2c3ccc(-c4ccncc4C)cc3n(-c3cccc4c3C(=O)N(c3c(-c5ccccc5)cc(-c5ccccc5)cc3-c3ccccc3)C4=O)c2c1. The van der Waals surface area contributed by atoms with Crippen molar-refractivity contribution in [3.8, 4) is 61.3 Å². The topological polar surface area (TPSA) is 68.1 Å². The summed E-state index contributed by atoms with van der Waals surface area (Å²) in [6.07, 6.45) is 7.38. The fourth-order valence-electron chi connectivity index (χ4n) is 9.21. The van der Waals surface area contributed by atoms with Crippen molar-refractivity contribution in [1.82, 2.24) is 14.5 Å². The van der Waals surface area contributed by atoms with Gasteiger partial charge in [0, 0.05) is 46.7 Å². The maximum absolute atomic E-state index is 15.7. The fourth-order valence-corrected chi connectivity index (χ4v) is 9.21. The molecule has 2 amide bonds. The van der Waals surface area contributed by atoms with Crippen LogP contribution in [0.15, 0.2) is 195 Å². The van der Waals surface area contributed by atoms with Crippen molar-refractivity contribution in [3.63, 3.8) is 0 Å². The molecule has 4 heterocycles. The Morgan fingerprint density at radius 3 is 1.40 bits per heavy atom. The van der Waals surface area contributed by atoms with E-state index in [9.17, 15) is 0 Å². The molecule has 6 heteroatoms. The van der Waals surface area contributed by atoms with Crippen LogP contribution in [-0.2, 0) is 0 Å². The van der Waals surface area contributed by atoms with Crippen LogP contribution in [0.2, 0.25) is 0 Å². The van der Waals surface area contributed by atoms with Crippen LogP contribution in [0.1, 0.15) is 31.8 Å². The molecule has 1 aliphatic rings. The van der Waals surface area contributed by atoms with Gasteiger partial charge >= 0.3 is 0 Å². The minimum absolute atomic E-state index is 0.356. The number of hydrogen-bond donors (Lipinski definition) is 0. The van der Waals surface area contributed by atoms with E-state index in [-0.39, 0.29) is 11.8 Å². The van der Waals surface area contributed by atoms with Gasteiger partial charge in [0.25, 0.3) is 11.8 Å². The fraction of sp³-hybridized carbons (Fsp3) is 0.0357. The number of hydrogen-bond acceptors (Lipinski definition) is 4. The van der Waals surface area contributed by atoms with Crippen molar-refractivity contribution in [2.45, 2.75) is 13.8 Å². The molecule has 0 saturated heterocycles. The molecule has 294 valence electrons. The number of amides is 2. The summed E-state index contributed by atoms with van der Waals surface area (Å²) in [6, 6.07) is 57.2. The summed E-state index contributed by atoms with van der Waals surface area (Å²) in [5.41, 5.74) is 15.5. The number of imide groups is 1. The molecule has 0 fully saturated rings. The van der Waals surface area contributed by atoms with E-state index in [2.05, 4.69) is 89.0 Å². The molecule has 0 spiro atoms. The Morgan fingerprint density at radius 2 is 0.903 bits per heavy atom. The second-order valence-electron chi connectivity index (χ2n) is 15.8. The molecule has 0 bridgehead atoms. The summed E-state index contributed by atoms with van der Waals surface area (Å²) in [6.45, 7) is 4.13. The zero-order valence-electron chi connectivity index (χ0n) is 34.1. The number of aromatic nitrogens is 3. The normalized spacial score (nSPS) is 12.4. The summed E-state index contributed by atoms with van der Waals surface area (Å²) in [4.78, 5) is 41.0. The monoisotopic (exact) mass is 798 g/mol. The van der Waals surface area contributed by atoms with Crippen molar-refractivity contribution in [2.24, 2.45) is 0 Å². The lowest BCUT2D eigenvalue weighted by Gasteiger charge is -2.24. The summed E-state index contributed by atoms with van der Waals surface area (Å²) in [7, 11) is 0. The van der Waals surface area contributed by atoms with Gasteiger partial charge < -0.3 is 4.57 Å². The lowest BCUT2D eigenvalue weighted by molar-refractivity contribution is 0.0926. The number of pyridine rings is 2. The molecule has 10 aromatic rings. The molecule has 0 atom stereocenters. The maximum atomic E-state index is 15.7. The van der Waals surface area contributed by atoms with Crippen LogP contribution in [0, 0.1) is 13.8 Å². The molecule has 0 saturated carbocycles. The van der Waals surface area contributed by atoms with Gasteiger partial charge in [0.05, 0.1) is 33.5 Å². The van der Waals surface area contributed by atoms with E-state index in [0.29, 0.717) is 22.5 Å². The van der Waals surface area contributed by atoms with Crippen LogP contribution in [0.25, 0.3) is 83.1 Å². The smallest absolute Gasteiger partial charge is 0.268 e. The third-order valence-corrected chi connectivity index (χ3v) is 12.2. The van der Waals surface area contributed by atoms with Gasteiger partial charge in [-0.25, -0.2) is 4.90 Å². The van der Waals surface area contributed by atoms with Gasteiger partial charge in [-0.1, -0.05) is 121 Å². The average molecular weight is 799 g/mol. The molecule has 7 aromatic carbocycles. The second-order valence-corrected chi connectivity index (χ2v) is 15.8. The van der Waals surface area contributed by atoms with E-state index in [1.54, 1.807) is 6.07 Å². The Kier molecular flexibility index (Phi) is 8.79. The van der Waals surface area contributed by atoms with Crippen LogP contribution < -0.4 is 4.90 Å². The van der Waals surface area contributed by atoms with Crippen molar-refractivity contribution in [1.29, 1.82) is 0 Å². The van der Waals surface area contributed by atoms with E-state index in [4.69, 9.17) is 0 Å². The highest BCUT2D eigenvalue weighted by Gasteiger charge is 2.42. The first-order valence-electron chi connectivity index (χ1n) is 20.7. The number of anilines is 1. The van der Waals surface area contributed by atoms with E-state index in [1.807, 2.05) is 128 Å². The lowest BCUT2D eigenvalue weighted by atomic mass is 9.90. The molecule has 0 N–H and O–H groups in total. The number of benzene rings is 7.